The molecule has 174 valence electrons. The van der Waals surface area contributed by atoms with Crippen molar-refractivity contribution in [1.29, 1.82) is 0 Å². The third-order valence-electron chi connectivity index (χ3n) is 6.03. The summed E-state index contributed by atoms with van der Waals surface area (Å²) in [5.74, 6) is 0. The summed E-state index contributed by atoms with van der Waals surface area (Å²) in [7, 11) is 0. The molecule has 0 heterocycles. The van der Waals surface area contributed by atoms with Crippen LogP contribution in [0.2, 0.25) is 0 Å². The summed E-state index contributed by atoms with van der Waals surface area (Å²) in [5.41, 5.74) is 0. The molecule has 0 aromatic heterocycles. The fourth-order valence-electron chi connectivity index (χ4n) is 4.12. The zero-order chi connectivity index (χ0) is 21.4. The number of unbranched alkanes of at least 4 members (excludes halogenated alkanes) is 18. The first-order valence-electron chi connectivity index (χ1n) is 13.1. The first kappa shape index (κ1) is 28.3. The molecule has 0 saturated heterocycles. The summed E-state index contributed by atoms with van der Waals surface area (Å²) < 4.78 is 5.07. The fourth-order valence-corrected chi connectivity index (χ4v) is 4.12. The van der Waals surface area contributed by atoms with Crippen LogP contribution in [0, 0.1) is 0 Å². The Bertz CT molecular complexity index is 330. The van der Waals surface area contributed by atoms with Gasteiger partial charge in [-0.25, -0.2) is 4.79 Å². The molecule has 0 aliphatic heterocycles. The van der Waals surface area contributed by atoms with Crippen molar-refractivity contribution in [3.8, 4) is 0 Å². The van der Waals surface area contributed by atoms with Crippen LogP contribution in [0.1, 0.15) is 155 Å². The quantitative estimate of drug-likeness (QED) is 0.134. The van der Waals surface area contributed by atoms with Crippen molar-refractivity contribution in [1.82, 2.24) is 0 Å². The summed E-state index contributed by atoms with van der Waals surface area (Å²) in [6, 6.07) is 0. The number of hydrogen-bond acceptors (Lipinski definition) is 2. The molecule has 0 aromatic rings. The Morgan fingerprint density at radius 3 is 1.14 bits per heavy atom. The van der Waals surface area contributed by atoms with Crippen LogP contribution in [0.4, 0.5) is 4.79 Å². The van der Waals surface area contributed by atoms with E-state index in [1.165, 1.54) is 116 Å². The Morgan fingerprint density at radius 2 is 0.828 bits per heavy atom. The molecule has 1 unspecified atom stereocenters. The summed E-state index contributed by atoms with van der Waals surface area (Å²) >= 11 is 0. The Balaban J connectivity index is 3.37. The van der Waals surface area contributed by atoms with Gasteiger partial charge in [-0.2, -0.15) is 0 Å². The van der Waals surface area contributed by atoms with Gasteiger partial charge >= 0.3 is 6.16 Å². The van der Waals surface area contributed by atoms with Crippen LogP contribution < -0.4 is 0 Å². The second-order valence-corrected chi connectivity index (χ2v) is 8.95. The third-order valence-corrected chi connectivity index (χ3v) is 6.03. The zero-order valence-electron chi connectivity index (χ0n) is 19.9. The Kier molecular flexibility index (Phi) is 23.0. The lowest BCUT2D eigenvalue weighted by Gasteiger charge is -2.15. The highest BCUT2D eigenvalue weighted by Crippen LogP contribution is 2.17. The Morgan fingerprint density at radius 1 is 0.552 bits per heavy atom. The van der Waals surface area contributed by atoms with E-state index < -0.39 is 6.16 Å². The molecule has 29 heavy (non-hydrogen) atoms. The molecule has 1 N–H and O–H groups in total. The van der Waals surface area contributed by atoms with Crippen LogP contribution in [0.3, 0.4) is 0 Å². The molecule has 0 saturated carbocycles. The van der Waals surface area contributed by atoms with Crippen molar-refractivity contribution in [2.24, 2.45) is 0 Å². The van der Waals surface area contributed by atoms with Crippen LogP contribution in [-0.2, 0) is 4.74 Å². The van der Waals surface area contributed by atoms with E-state index in [1.807, 2.05) is 0 Å². The van der Waals surface area contributed by atoms with E-state index in [0.29, 0.717) is 0 Å². The van der Waals surface area contributed by atoms with E-state index in [2.05, 4.69) is 13.8 Å². The van der Waals surface area contributed by atoms with E-state index in [0.717, 1.165) is 25.7 Å². The van der Waals surface area contributed by atoms with Crippen LogP contribution in [0.25, 0.3) is 0 Å². The van der Waals surface area contributed by atoms with Gasteiger partial charge in [-0.3, -0.25) is 0 Å². The summed E-state index contributed by atoms with van der Waals surface area (Å²) in [5, 5.41) is 8.90. The van der Waals surface area contributed by atoms with E-state index in [1.54, 1.807) is 0 Å². The predicted octanol–water partition coefficient (Wildman–Crippen LogP) is 9.67. The van der Waals surface area contributed by atoms with Gasteiger partial charge in [-0.1, -0.05) is 129 Å². The standard InChI is InChI=1S/C26H52O3/c1-3-5-7-9-10-11-12-13-14-15-16-17-18-19-20-22-24-25(29-26(27)28)23-21-8-6-4-2/h25H,3-24H2,1-2H3,(H,27,28). The van der Waals surface area contributed by atoms with Crippen LogP contribution >= 0.6 is 0 Å². The molecule has 0 fully saturated rings. The number of ether oxygens (including phenoxy) is 1. The molecule has 0 spiro atoms. The largest absolute Gasteiger partial charge is 0.506 e. The number of hydrogen-bond donors (Lipinski definition) is 1. The molecule has 3 heteroatoms. The van der Waals surface area contributed by atoms with Gasteiger partial charge in [0, 0.05) is 0 Å². The van der Waals surface area contributed by atoms with Gasteiger partial charge < -0.3 is 9.84 Å². The van der Waals surface area contributed by atoms with Crippen molar-refractivity contribution in [3.05, 3.63) is 0 Å². The van der Waals surface area contributed by atoms with Crippen LogP contribution in [-0.4, -0.2) is 17.4 Å². The first-order valence-corrected chi connectivity index (χ1v) is 13.1. The summed E-state index contributed by atoms with van der Waals surface area (Å²) in [6.07, 6.45) is 27.2. The molecule has 3 nitrogen and oxygen atoms in total. The zero-order valence-corrected chi connectivity index (χ0v) is 19.9. The minimum absolute atomic E-state index is 0.0870. The van der Waals surface area contributed by atoms with Crippen molar-refractivity contribution in [2.75, 3.05) is 0 Å². The fraction of sp³-hybridized carbons (Fsp3) is 0.962. The maximum atomic E-state index is 10.8. The van der Waals surface area contributed by atoms with E-state index in [9.17, 15) is 4.79 Å². The molecule has 0 aromatic carbocycles. The second-order valence-electron chi connectivity index (χ2n) is 8.95. The highest BCUT2D eigenvalue weighted by atomic mass is 16.7. The molecule has 0 bridgehead atoms. The highest BCUT2D eigenvalue weighted by molar-refractivity contribution is 5.57. The predicted molar refractivity (Wildman–Crippen MR) is 126 cm³/mol. The molecular formula is C26H52O3. The van der Waals surface area contributed by atoms with Crippen molar-refractivity contribution < 1.29 is 14.6 Å². The summed E-state index contributed by atoms with van der Waals surface area (Å²) in [4.78, 5) is 10.8. The first-order chi connectivity index (χ1) is 14.2. The van der Waals surface area contributed by atoms with Crippen LogP contribution in [0.5, 0.6) is 0 Å². The topological polar surface area (TPSA) is 46.5 Å². The number of rotatable bonds is 23. The maximum absolute atomic E-state index is 10.8. The number of carboxylic acid groups (broad SMARTS) is 1. The molecular weight excluding hydrogens is 360 g/mol. The SMILES string of the molecule is CCCCCCCCCCCCCCCCCCC(CCCCCC)OC(=O)O. The molecule has 0 aliphatic rings. The minimum atomic E-state index is -1.11. The Labute approximate surface area is 182 Å². The van der Waals surface area contributed by atoms with Crippen LogP contribution in [0.15, 0.2) is 0 Å². The van der Waals surface area contributed by atoms with E-state index >= 15 is 0 Å². The van der Waals surface area contributed by atoms with E-state index in [4.69, 9.17) is 9.84 Å². The number of carbonyl (C=O) groups is 1. The highest BCUT2D eigenvalue weighted by Gasteiger charge is 2.12. The van der Waals surface area contributed by atoms with E-state index in [-0.39, 0.29) is 6.10 Å². The third kappa shape index (κ3) is 23.4. The van der Waals surface area contributed by atoms with Gasteiger partial charge in [-0.15, -0.1) is 0 Å². The molecule has 0 radical (unpaired) electrons. The molecule has 0 rings (SSSR count). The average Bonchev–Trinajstić information content (AvgIpc) is 2.70. The van der Waals surface area contributed by atoms with Crippen molar-refractivity contribution >= 4 is 6.16 Å². The molecule has 1 atom stereocenters. The monoisotopic (exact) mass is 412 g/mol. The van der Waals surface area contributed by atoms with Gasteiger partial charge in [-0.05, 0) is 25.7 Å². The lowest BCUT2D eigenvalue weighted by molar-refractivity contribution is 0.0422. The normalized spacial score (nSPS) is 12.2. The van der Waals surface area contributed by atoms with Gasteiger partial charge in [0.1, 0.15) is 6.10 Å². The minimum Gasteiger partial charge on any atom is -0.450 e. The molecule has 0 amide bonds. The van der Waals surface area contributed by atoms with Gasteiger partial charge in [0.25, 0.3) is 0 Å². The van der Waals surface area contributed by atoms with Crippen molar-refractivity contribution in [3.63, 3.8) is 0 Å². The average molecular weight is 413 g/mol. The lowest BCUT2D eigenvalue weighted by Crippen LogP contribution is -2.16. The van der Waals surface area contributed by atoms with Gasteiger partial charge in [0.2, 0.25) is 0 Å². The maximum Gasteiger partial charge on any atom is 0.506 e. The van der Waals surface area contributed by atoms with Gasteiger partial charge in [0.15, 0.2) is 0 Å². The Hall–Kier alpha value is -0.730. The lowest BCUT2D eigenvalue weighted by atomic mass is 10.0. The molecule has 0 aliphatic carbocycles. The smallest absolute Gasteiger partial charge is 0.450 e. The second kappa shape index (κ2) is 23.5. The van der Waals surface area contributed by atoms with Crippen molar-refractivity contribution in [2.45, 2.75) is 161 Å². The van der Waals surface area contributed by atoms with Gasteiger partial charge in [0.05, 0.1) is 0 Å². The summed E-state index contributed by atoms with van der Waals surface area (Å²) in [6.45, 7) is 4.48.